The quantitative estimate of drug-likeness (QED) is 0.0997. The smallest absolute Gasteiger partial charge is 0.253 e. The van der Waals surface area contributed by atoms with Gasteiger partial charge in [0.2, 0.25) is 11.6 Å². The fraction of sp³-hybridized carbons (Fsp3) is 0.318. The molecule has 7 heteroatoms. The molecule has 3 amide bonds. The van der Waals surface area contributed by atoms with Gasteiger partial charge in [0.25, 0.3) is 11.8 Å². The highest BCUT2D eigenvalue weighted by atomic mass is 16.2. The lowest BCUT2D eigenvalue weighted by molar-refractivity contribution is -0.401. The third-order valence-corrected chi connectivity index (χ3v) is 11.0. The van der Waals surface area contributed by atoms with E-state index in [1.165, 1.54) is 67.6 Å². The number of hydrogen-bond donors (Lipinski definition) is 1. The first-order valence-corrected chi connectivity index (χ1v) is 18.1. The highest BCUT2D eigenvalue weighted by Crippen LogP contribution is 2.51. The van der Waals surface area contributed by atoms with Crippen LogP contribution >= 0.6 is 0 Å². The number of unbranched alkanes of at least 4 members (excludes halogenated alkanes) is 2. The second-order valence-corrected chi connectivity index (χ2v) is 14.9. The molecule has 0 saturated carbocycles. The topological polar surface area (TPSA) is 72.7 Å². The predicted molar refractivity (Wildman–Crippen MR) is 207 cm³/mol. The highest BCUT2D eigenvalue weighted by Gasteiger charge is 2.44. The Morgan fingerprint density at radius 1 is 0.745 bits per heavy atom. The number of anilines is 1. The van der Waals surface area contributed by atoms with E-state index >= 15 is 0 Å². The third-order valence-electron chi connectivity index (χ3n) is 11.0. The van der Waals surface area contributed by atoms with E-state index in [4.69, 9.17) is 0 Å². The molecule has 0 radical (unpaired) electrons. The minimum Gasteiger partial charge on any atom is -0.354 e. The first-order chi connectivity index (χ1) is 24.5. The Kier molecular flexibility index (Phi) is 9.00. The van der Waals surface area contributed by atoms with Gasteiger partial charge in [-0.1, -0.05) is 80.9 Å². The molecule has 0 aliphatic carbocycles. The standard InChI is InChI=1S/C44H46N4O3/c1-43(2)36(46(5)34-23-21-30-14-8-10-16-32(30)41(34)43)18-13-19-37-44(3,4)42-33-17-11-9-15-31(33)22-24-35(42)47(37)28-12-6-7-20-38(49)45-27-29-48-39(50)25-26-40(48)51/h8-11,13-19,21-26H,6-7,12,20,27-29H2,1-5H3/p+1. The monoisotopic (exact) mass is 679 g/mol. The van der Waals surface area contributed by atoms with Gasteiger partial charge in [-0.05, 0) is 72.0 Å². The molecule has 0 bridgehead atoms. The summed E-state index contributed by atoms with van der Waals surface area (Å²) in [6.07, 6.45) is 12.4. The van der Waals surface area contributed by atoms with Gasteiger partial charge in [0.15, 0.2) is 5.71 Å². The van der Waals surface area contributed by atoms with E-state index in [1.54, 1.807) is 0 Å². The van der Waals surface area contributed by atoms with Gasteiger partial charge in [0, 0.05) is 72.7 Å². The third kappa shape index (κ3) is 6.09. The van der Waals surface area contributed by atoms with Crippen LogP contribution in [0.25, 0.3) is 21.5 Å². The van der Waals surface area contributed by atoms with Crippen molar-refractivity contribution in [1.29, 1.82) is 0 Å². The number of benzene rings is 4. The first-order valence-electron chi connectivity index (χ1n) is 18.1. The van der Waals surface area contributed by atoms with E-state index < -0.39 is 0 Å². The van der Waals surface area contributed by atoms with E-state index in [9.17, 15) is 14.4 Å². The van der Waals surface area contributed by atoms with Crippen LogP contribution in [-0.4, -0.2) is 59.6 Å². The Morgan fingerprint density at radius 2 is 1.39 bits per heavy atom. The van der Waals surface area contributed by atoms with Crippen LogP contribution in [0, 0.1) is 0 Å². The molecule has 0 spiro atoms. The van der Waals surface area contributed by atoms with Crippen molar-refractivity contribution in [3.8, 4) is 0 Å². The number of rotatable bonds is 11. The molecule has 0 unspecified atom stereocenters. The summed E-state index contributed by atoms with van der Waals surface area (Å²) in [5.41, 5.74) is 7.41. The van der Waals surface area contributed by atoms with Crippen molar-refractivity contribution >= 4 is 56.4 Å². The van der Waals surface area contributed by atoms with Gasteiger partial charge in [0.1, 0.15) is 7.05 Å². The van der Waals surface area contributed by atoms with Crippen LogP contribution in [0.4, 0.5) is 11.4 Å². The number of carbonyl (C=O) groups excluding carboxylic acids is 3. The van der Waals surface area contributed by atoms with Crippen LogP contribution < -0.4 is 10.2 Å². The summed E-state index contributed by atoms with van der Waals surface area (Å²) in [5, 5.41) is 7.97. The molecular weight excluding hydrogens is 633 g/mol. The van der Waals surface area contributed by atoms with Gasteiger partial charge < -0.3 is 10.2 Å². The predicted octanol–water partition coefficient (Wildman–Crippen LogP) is 7.84. The molecular formula is C44H47N4O3+. The number of hydrogen-bond acceptors (Lipinski definition) is 4. The van der Waals surface area contributed by atoms with Crippen LogP contribution in [0.2, 0.25) is 0 Å². The van der Waals surface area contributed by atoms with E-state index in [1.807, 2.05) is 0 Å². The van der Waals surface area contributed by atoms with Crippen molar-refractivity contribution in [2.75, 3.05) is 31.6 Å². The van der Waals surface area contributed by atoms with E-state index in [-0.39, 0.29) is 41.6 Å². The van der Waals surface area contributed by atoms with Crippen molar-refractivity contribution in [3.05, 3.63) is 120 Å². The lowest BCUT2D eigenvalue weighted by atomic mass is 9.79. The van der Waals surface area contributed by atoms with Gasteiger partial charge in [-0.2, -0.15) is 4.58 Å². The molecule has 260 valence electrons. The zero-order valence-corrected chi connectivity index (χ0v) is 30.3. The molecule has 4 aromatic carbocycles. The second kappa shape index (κ2) is 13.4. The molecule has 0 saturated heterocycles. The molecule has 7 rings (SSSR count). The summed E-state index contributed by atoms with van der Waals surface area (Å²) in [4.78, 5) is 39.6. The van der Waals surface area contributed by atoms with Crippen molar-refractivity contribution in [3.63, 3.8) is 0 Å². The minimum atomic E-state index is -0.328. The number of allylic oxidation sites excluding steroid dienone is 4. The summed E-state index contributed by atoms with van der Waals surface area (Å²) < 4.78 is 2.34. The fourth-order valence-corrected chi connectivity index (χ4v) is 8.48. The second-order valence-electron chi connectivity index (χ2n) is 14.9. The normalized spacial score (nSPS) is 18.3. The van der Waals surface area contributed by atoms with E-state index in [2.05, 4.69) is 141 Å². The molecule has 0 fully saturated rings. The number of imide groups is 1. The van der Waals surface area contributed by atoms with Gasteiger partial charge in [-0.15, -0.1) is 0 Å². The Balaban J connectivity index is 1.08. The lowest BCUT2D eigenvalue weighted by Gasteiger charge is -2.27. The van der Waals surface area contributed by atoms with Crippen LogP contribution in [0.3, 0.4) is 0 Å². The Morgan fingerprint density at radius 3 is 2.10 bits per heavy atom. The Bertz CT molecular complexity index is 2180. The van der Waals surface area contributed by atoms with Crippen molar-refractivity contribution in [1.82, 2.24) is 10.2 Å². The molecule has 3 aliphatic rings. The molecule has 4 aromatic rings. The summed E-state index contributed by atoms with van der Waals surface area (Å²) in [7, 11) is 2.18. The van der Waals surface area contributed by atoms with Crippen LogP contribution in [-0.2, 0) is 25.2 Å². The average Bonchev–Trinajstić information content (AvgIpc) is 3.63. The fourth-order valence-electron chi connectivity index (χ4n) is 8.48. The molecule has 3 heterocycles. The van der Waals surface area contributed by atoms with Gasteiger partial charge >= 0.3 is 0 Å². The average molecular weight is 680 g/mol. The van der Waals surface area contributed by atoms with Crippen molar-refractivity contribution in [2.45, 2.75) is 64.2 Å². The summed E-state index contributed by atoms with van der Waals surface area (Å²) in [6, 6.07) is 26.3. The number of amides is 3. The molecule has 7 nitrogen and oxygen atoms in total. The van der Waals surface area contributed by atoms with Crippen molar-refractivity contribution in [2.24, 2.45) is 0 Å². The first kappa shape index (κ1) is 34.2. The zero-order valence-electron chi connectivity index (χ0n) is 30.3. The summed E-state index contributed by atoms with van der Waals surface area (Å²) in [6.45, 7) is 10.6. The molecule has 51 heavy (non-hydrogen) atoms. The number of nitrogens with one attached hydrogen (secondary N) is 1. The largest absolute Gasteiger partial charge is 0.354 e. The highest BCUT2D eigenvalue weighted by molar-refractivity contribution is 6.13. The summed E-state index contributed by atoms with van der Waals surface area (Å²) >= 11 is 0. The van der Waals surface area contributed by atoms with Crippen molar-refractivity contribution < 1.29 is 19.0 Å². The van der Waals surface area contributed by atoms with E-state index in [0.29, 0.717) is 6.42 Å². The molecule has 0 atom stereocenters. The molecule has 3 aliphatic heterocycles. The van der Waals surface area contributed by atoms with Crippen LogP contribution in [0.5, 0.6) is 0 Å². The number of fused-ring (bicyclic) bond motifs is 6. The Hall–Kier alpha value is -5.30. The molecule has 1 N–H and O–H groups in total. The Labute approximate surface area is 300 Å². The zero-order chi connectivity index (χ0) is 35.9. The summed E-state index contributed by atoms with van der Waals surface area (Å²) in [5.74, 6) is -0.712. The minimum absolute atomic E-state index is 0.0562. The van der Waals surface area contributed by atoms with Crippen LogP contribution in [0.1, 0.15) is 64.5 Å². The maximum absolute atomic E-state index is 12.5. The van der Waals surface area contributed by atoms with E-state index in [0.717, 1.165) is 30.7 Å². The number of nitrogens with zero attached hydrogens (tertiary/aromatic N) is 3. The van der Waals surface area contributed by atoms with Gasteiger partial charge in [-0.3, -0.25) is 19.3 Å². The maximum atomic E-state index is 12.5. The number of carbonyl (C=O) groups is 3. The lowest BCUT2D eigenvalue weighted by Crippen LogP contribution is -2.38. The van der Waals surface area contributed by atoms with Gasteiger partial charge in [-0.25, -0.2) is 0 Å². The molecule has 0 aromatic heterocycles. The maximum Gasteiger partial charge on any atom is 0.253 e. The van der Waals surface area contributed by atoms with Crippen LogP contribution in [0.15, 0.2) is 109 Å². The SMILES string of the molecule is C[N+]1=C(C=CC=C2N(CCCCCC(=O)NCCN3C(=O)C=CC3=O)c3ccc4ccccc4c3C2(C)C)C(C)(C)c2c1ccc1ccccc21. The van der Waals surface area contributed by atoms with Gasteiger partial charge in [0.05, 0.1) is 5.41 Å².